The van der Waals surface area contributed by atoms with Gasteiger partial charge in [-0.1, -0.05) is 18.6 Å². The Hall–Kier alpha value is -3.59. The fourth-order valence-corrected chi connectivity index (χ4v) is 3.98. The van der Waals surface area contributed by atoms with Gasteiger partial charge < -0.3 is 19.2 Å². The first-order valence-corrected chi connectivity index (χ1v) is 10.9. The molecule has 1 saturated heterocycles. The normalized spacial score (nSPS) is 18.7. The number of piperidine rings is 1. The van der Waals surface area contributed by atoms with E-state index >= 15 is 0 Å². The highest BCUT2D eigenvalue weighted by Gasteiger charge is 2.27. The Morgan fingerprint density at radius 1 is 1.28 bits per heavy atom. The Labute approximate surface area is 185 Å². The van der Waals surface area contributed by atoms with Crippen molar-refractivity contribution < 1.29 is 19.0 Å². The summed E-state index contributed by atoms with van der Waals surface area (Å²) in [4.78, 5) is 24.7. The maximum Gasteiger partial charge on any atom is 0.269 e. The largest absolute Gasteiger partial charge is 0.494 e. The molecule has 2 N–H and O–H groups in total. The molecule has 1 fully saturated rings. The molecule has 0 spiro atoms. The highest BCUT2D eigenvalue weighted by atomic mass is 16.7. The molecule has 0 aliphatic carbocycles. The Morgan fingerprint density at radius 2 is 2.16 bits per heavy atom. The van der Waals surface area contributed by atoms with Crippen LogP contribution in [0.5, 0.6) is 5.75 Å². The number of H-pyrrole nitrogens is 1. The van der Waals surface area contributed by atoms with Gasteiger partial charge in [0.05, 0.1) is 17.7 Å². The van der Waals surface area contributed by atoms with Crippen LogP contribution in [-0.2, 0) is 9.47 Å². The van der Waals surface area contributed by atoms with Crippen molar-refractivity contribution in [3.8, 4) is 5.75 Å². The molecule has 2 aliphatic rings. The second-order valence-electron chi connectivity index (χ2n) is 7.71. The minimum atomic E-state index is -0.604. The van der Waals surface area contributed by atoms with Crippen molar-refractivity contribution >= 4 is 22.7 Å². The van der Waals surface area contributed by atoms with E-state index in [1.807, 2.05) is 36.2 Å². The molecule has 0 radical (unpaired) electrons. The monoisotopic (exact) mass is 435 g/mol. The molecule has 0 bridgehead atoms. The second-order valence-corrected chi connectivity index (χ2v) is 7.71. The van der Waals surface area contributed by atoms with Gasteiger partial charge in [-0.2, -0.15) is 0 Å². The summed E-state index contributed by atoms with van der Waals surface area (Å²) in [5, 5.41) is 1.96. The number of aromatic nitrogens is 3. The highest BCUT2D eigenvalue weighted by Crippen LogP contribution is 2.36. The van der Waals surface area contributed by atoms with Crippen LogP contribution in [0.3, 0.4) is 0 Å². The number of fused-ring (bicyclic) bond motifs is 1. The topological polar surface area (TPSA) is 102 Å². The van der Waals surface area contributed by atoms with Gasteiger partial charge in [0.15, 0.2) is 5.76 Å². The summed E-state index contributed by atoms with van der Waals surface area (Å²) in [6, 6.07) is 7.58. The van der Waals surface area contributed by atoms with Crippen LogP contribution in [0, 0.1) is 0 Å². The van der Waals surface area contributed by atoms with Gasteiger partial charge >= 0.3 is 0 Å². The predicted octanol–water partition coefficient (Wildman–Crippen LogP) is 3.53. The summed E-state index contributed by atoms with van der Waals surface area (Å²) < 4.78 is 17.3. The summed E-state index contributed by atoms with van der Waals surface area (Å²) in [7, 11) is 0. The van der Waals surface area contributed by atoms with Gasteiger partial charge in [-0.05, 0) is 31.9 Å². The number of carbonyl (C=O) groups excluding carboxylic acids is 1. The number of hydrogen-bond donors (Lipinski definition) is 2. The molecule has 2 aliphatic heterocycles. The standard InChI is InChI=1S/C23H25N5O4/c1-2-30-16-8-6-7-15(11-16)23-31-13-18(32-23)20-21-19(25-14-26-20)17(12-24-21)22(29)27-28-9-4-3-5-10-28/h6-8,11-14,23-24H,2-5,9-10H2,1H3,(H,27,29). The number of nitrogens with one attached hydrogen (secondary N) is 2. The second kappa shape index (κ2) is 8.88. The van der Waals surface area contributed by atoms with Gasteiger partial charge in [-0.25, -0.2) is 15.0 Å². The van der Waals surface area contributed by atoms with Gasteiger partial charge in [-0.15, -0.1) is 0 Å². The molecule has 3 aromatic rings. The van der Waals surface area contributed by atoms with Crippen LogP contribution in [0.2, 0.25) is 0 Å². The summed E-state index contributed by atoms with van der Waals surface area (Å²) >= 11 is 0. The van der Waals surface area contributed by atoms with Crippen molar-refractivity contribution in [2.75, 3.05) is 19.7 Å². The lowest BCUT2D eigenvalue weighted by atomic mass is 10.2. The van der Waals surface area contributed by atoms with Gasteiger partial charge in [-0.3, -0.25) is 10.2 Å². The zero-order valence-electron chi connectivity index (χ0n) is 17.8. The number of hydrogen-bond acceptors (Lipinski definition) is 7. The first-order chi connectivity index (χ1) is 15.7. The Balaban J connectivity index is 1.35. The molecule has 1 unspecified atom stereocenters. The fourth-order valence-electron chi connectivity index (χ4n) is 3.98. The van der Waals surface area contributed by atoms with Crippen molar-refractivity contribution in [2.24, 2.45) is 0 Å². The van der Waals surface area contributed by atoms with E-state index in [2.05, 4.69) is 20.4 Å². The highest BCUT2D eigenvalue weighted by molar-refractivity contribution is 6.06. The number of carbonyl (C=O) groups is 1. The minimum Gasteiger partial charge on any atom is -0.494 e. The maximum absolute atomic E-state index is 12.8. The molecular weight excluding hydrogens is 410 g/mol. The van der Waals surface area contributed by atoms with E-state index in [-0.39, 0.29) is 5.91 Å². The average Bonchev–Trinajstić information content (AvgIpc) is 3.48. The van der Waals surface area contributed by atoms with Crippen LogP contribution in [0.25, 0.3) is 16.8 Å². The number of hydrazine groups is 1. The Morgan fingerprint density at radius 3 is 3.00 bits per heavy atom. The molecule has 9 heteroatoms. The molecule has 9 nitrogen and oxygen atoms in total. The van der Waals surface area contributed by atoms with Crippen LogP contribution in [0.4, 0.5) is 0 Å². The average molecular weight is 435 g/mol. The van der Waals surface area contributed by atoms with E-state index in [1.165, 1.54) is 19.0 Å². The van der Waals surface area contributed by atoms with E-state index in [9.17, 15) is 4.79 Å². The number of rotatable bonds is 6. The van der Waals surface area contributed by atoms with Crippen molar-refractivity contribution in [2.45, 2.75) is 32.5 Å². The number of aromatic amines is 1. The Kier molecular flexibility index (Phi) is 5.64. The van der Waals surface area contributed by atoms with Crippen molar-refractivity contribution in [1.29, 1.82) is 0 Å². The summed E-state index contributed by atoms with van der Waals surface area (Å²) in [6.07, 6.45) is 7.38. The molecule has 2 aromatic heterocycles. The summed E-state index contributed by atoms with van der Waals surface area (Å²) in [5.41, 5.74) is 5.97. The van der Waals surface area contributed by atoms with Crippen LogP contribution in [0.1, 0.15) is 54.1 Å². The molecule has 32 heavy (non-hydrogen) atoms. The lowest BCUT2D eigenvalue weighted by molar-refractivity contribution is -0.0173. The maximum atomic E-state index is 12.8. The molecule has 5 rings (SSSR count). The quantitative estimate of drug-likeness (QED) is 0.611. The molecular formula is C23H25N5O4. The summed E-state index contributed by atoms with van der Waals surface area (Å²) in [6.45, 7) is 4.24. The van der Waals surface area contributed by atoms with Crippen molar-refractivity contribution in [1.82, 2.24) is 25.4 Å². The van der Waals surface area contributed by atoms with Crippen LogP contribution in [0.15, 0.2) is 43.1 Å². The molecule has 4 heterocycles. The zero-order chi connectivity index (χ0) is 21.9. The molecule has 1 amide bonds. The van der Waals surface area contributed by atoms with Crippen molar-refractivity contribution in [3.63, 3.8) is 0 Å². The minimum absolute atomic E-state index is 0.189. The van der Waals surface area contributed by atoms with E-state index in [1.54, 1.807) is 6.20 Å². The number of amides is 1. The molecule has 166 valence electrons. The Bertz CT molecular complexity index is 1150. The van der Waals surface area contributed by atoms with E-state index in [0.717, 1.165) is 37.2 Å². The van der Waals surface area contributed by atoms with E-state index in [4.69, 9.17) is 14.2 Å². The summed E-state index contributed by atoms with van der Waals surface area (Å²) in [5.74, 6) is 1.03. The smallest absolute Gasteiger partial charge is 0.269 e. The van der Waals surface area contributed by atoms with Crippen molar-refractivity contribution in [3.05, 3.63) is 59.9 Å². The third kappa shape index (κ3) is 3.99. The third-order valence-electron chi connectivity index (χ3n) is 5.53. The van der Waals surface area contributed by atoms with E-state index < -0.39 is 6.29 Å². The molecule has 1 aromatic carbocycles. The number of benzene rings is 1. The lowest BCUT2D eigenvalue weighted by Crippen LogP contribution is -2.45. The first kappa shape index (κ1) is 20.3. The van der Waals surface area contributed by atoms with Crippen LogP contribution >= 0.6 is 0 Å². The third-order valence-corrected chi connectivity index (χ3v) is 5.53. The van der Waals surface area contributed by atoms with Gasteiger partial charge in [0.25, 0.3) is 12.2 Å². The number of nitrogens with zero attached hydrogens (tertiary/aromatic N) is 3. The van der Waals surface area contributed by atoms with Crippen LogP contribution in [-0.4, -0.2) is 45.6 Å². The molecule has 0 saturated carbocycles. The lowest BCUT2D eigenvalue weighted by Gasteiger charge is -2.26. The van der Waals surface area contributed by atoms with Gasteiger partial charge in [0.2, 0.25) is 0 Å². The zero-order valence-corrected chi connectivity index (χ0v) is 17.8. The predicted molar refractivity (Wildman–Crippen MR) is 117 cm³/mol. The fraction of sp³-hybridized carbons (Fsp3) is 0.348. The van der Waals surface area contributed by atoms with E-state index in [0.29, 0.717) is 34.7 Å². The van der Waals surface area contributed by atoms with Crippen LogP contribution < -0.4 is 10.2 Å². The van der Waals surface area contributed by atoms with Gasteiger partial charge in [0.1, 0.15) is 29.5 Å². The SMILES string of the molecule is CCOc1cccc(C2OC=C(c3ncnc4c(C(=O)NN5CCCCC5)c[nH]c34)O2)c1. The van der Waals surface area contributed by atoms with Gasteiger partial charge in [0, 0.05) is 24.8 Å². The number of ether oxygens (including phenoxy) is 3. The first-order valence-electron chi connectivity index (χ1n) is 10.9. The molecule has 1 atom stereocenters.